The van der Waals surface area contributed by atoms with Gasteiger partial charge in [0.15, 0.2) is 11.0 Å². The smallest absolute Gasteiger partial charge is 0.249 e. The van der Waals surface area contributed by atoms with Crippen molar-refractivity contribution < 1.29 is 4.57 Å². The number of benzene rings is 7. The van der Waals surface area contributed by atoms with Gasteiger partial charge < -0.3 is 0 Å². The van der Waals surface area contributed by atoms with E-state index in [9.17, 15) is 0 Å². The number of nitrogens with zero attached hydrogens (tertiary/aromatic N) is 4. The van der Waals surface area contributed by atoms with Gasteiger partial charge in [-0.05, 0) is 93.0 Å². The Labute approximate surface area is 313 Å². The number of aryl methyl sites for hydroxylation is 1. The predicted molar refractivity (Wildman–Crippen MR) is 219 cm³/mol. The van der Waals surface area contributed by atoms with Gasteiger partial charge in [0.05, 0.1) is 23.5 Å². The van der Waals surface area contributed by atoms with Crippen LogP contribution in [0.2, 0.25) is 0 Å². The van der Waals surface area contributed by atoms with E-state index in [0.717, 1.165) is 28.1 Å². The van der Waals surface area contributed by atoms with Crippen molar-refractivity contribution in [3.63, 3.8) is 0 Å². The van der Waals surface area contributed by atoms with Crippen molar-refractivity contribution in [1.82, 2.24) is 14.1 Å². The van der Waals surface area contributed by atoms with Crippen LogP contribution in [0.3, 0.4) is 0 Å². The highest BCUT2D eigenvalue weighted by atomic mass is 15.1. The Kier molecular flexibility index (Phi) is 6.65. The number of hydrogen-bond donors (Lipinski definition) is 0. The molecule has 11 rings (SSSR count). The fourth-order valence-electron chi connectivity index (χ4n) is 9.18. The summed E-state index contributed by atoms with van der Waals surface area (Å²) >= 11 is 0. The second kappa shape index (κ2) is 11.7. The summed E-state index contributed by atoms with van der Waals surface area (Å²) in [4.78, 5) is 5.01. The Balaban J connectivity index is 1.21. The summed E-state index contributed by atoms with van der Waals surface area (Å²) in [6, 6.07) is 66.4. The van der Waals surface area contributed by atoms with Crippen LogP contribution in [0.15, 0.2) is 195 Å². The van der Waals surface area contributed by atoms with Gasteiger partial charge in [-0.3, -0.25) is 4.57 Å². The van der Waals surface area contributed by atoms with E-state index in [1.807, 2.05) is 6.20 Å². The molecule has 0 amide bonds. The number of hydrogen-bond acceptors (Lipinski definition) is 1. The Morgan fingerprint density at radius 1 is 0.500 bits per heavy atom. The Morgan fingerprint density at radius 2 is 1.17 bits per heavy atom. The van der Waals surface area contributed by atoms with Crippen LogP contribution in [0, 0.1) is 0 Å². The van der Waals surface area contributed by atoms with E-state index >= 15 is 0 Å². The summed E-state index contributed by atoms with van der Waals surface area (Å²) in [5.41, 5.74) is 15.1. The van der Waals surface area contributed by atoms with Gasteiger partial charge in [0.1, 0.15) is 11.5 Å². The number of pyridine rings is 1. The van der Waals surface area contributed by atoms with Crippen molar-refractivity contribution in [1.29, 1.82) is 0 Å². The third-order valence-corrected chi connectivity index (χ3v) is 11.5. The quantitative estimate of drug-likeness (QED) is 0.165. The number of fused-ring (bicyclic) bond motifs is 7. The van der Waals surface area contributed by atoms with Crippen LogP contribution in [0.4, 0.5) is 0 Å². The summed E-state index contributed by atoms with van der Waals surface area (Å²) in [5, 5.41) is 2.41. The molecule has 254 valence electrons. The van der Waals surface area contributed by atoms with Gasteiger partial charge in [-0.15, -0.1) is 0 Å². The highest BCUT2D eigenvalue weighted by molar-refractivity contribution is 6.09. The second-order valence-electron chi connectivity index (χ2n) is 14.3. The average Bonchev–Trinajstić information content (AvgIpc) is 3.87. The van der Waals surface area contributed by atoms with Gasteiger partial charge >= 0.3 is 0 Å². The van der Waals surface area contributed by atoms with Gasteiger partial charge in [-0.1, -0.05) is 133 Å². The number of rotatable bonds is 5. The zero-order valence-corrected chi connectivity index (χ0v) is 29.8. The molecule has 0 atom stereocenters. The molecule has 10 aromatic rings. The first-order valence-electron chi connectivity index (χ1n) is 18.5. The molecule has 0 bridgehead atoms. The molecule has 0 spiro atoms. The highest BCUT2D eigenvalue weighted by Gasteiger charge is 2.46. The SMILES string of the molecule is C[n+]1cn(-c2cccc(C3(c4ccc5c6ccccc6n(-c6cc(-c7ccccc7)ccn6)c5c4)c4ccccc4-c4ccccc43)c2)c2ccccc21. The third-order valence-electron chi connectivity index (χ3n) is 11.5. The van der Waals surface area contributed by atoms with Crippen LogP contribution in [0.5, 0.6) is 0 Å². The first-order chi connectivity index (χ1) is 26.7. The lowest BCUT2D eigenvalue weighted by atomic mass is 9.67. The lowest BCUT2D eigenvalue weighted by Crippen LogP contribution is -2.29. The maximum absolute atomic E-state index is 5.01. The topological polar surface area (TPSA) is 26.6 Å². The molecule has 0 saturated heterocycles. The minimum Gasteiger partial charge on any atom is -0.294 e. The van der Waals surface area contributed by atoms with Gasteiger partial charge in [-0.2, -0.15) is 4.57 Å². The van der Waals surface area contributed by atoms with Crippen molar-refractivity contribution in [2.45, 2.75) is 5.41 Å². The molecule has 7 aromatic carbocycles. The van der Waals surface area contributed by atoms with E-state index < -0.39 is 5.41 Å². The third kappa shape index (κ3) is 4.31. The molecule has 54 heavy (non-hydrogen) atoms. The fraction of sp³-hybridized carbons (Fsp3) is 0.0400. The summed E-state index contributed by atoms with van der Waals surface area (Å²) in [7, 11) is 2.12. The first kappa shape index (κ1) is 30.6. The number of aromatic nitrogens is 4. The van der Waals surface area contributed by atoms with E-state index in [4.69, 9.17) is 4.98 Å². The molecular formula is C50H35N4+. The fourth-order valence-corrected chi connectivity index (χ4v) is 9.18. The molecular weight excluding hydrogens is 657 g/mol. The molecule has 1 aliphatic rings. The predicted octanol–water partition coefficient (Wildman–Crippen LogP) is 11.0. The zero-order chi connectivity index (χ0) is 35.8. The van der Waals surface area contributed by atoms with Crippen LogP contribution < -0.4 is 4.57 Å². The lowest BCUT2D eigenvalue weighted by Gasteiger charge is -2.34. The maximum atomic E-state index is 5.01. The largest absolute Gasteiger partial charge is 0.294 e. The van der Waals surface area contributed by atoms with E-state index in [1.165, 1.54) is 60.8 Å². The van der Waals surface area contributed by atoms with E-state index in [2.05, 4.69) is 209 Å². The summed E-state index contributed by atoms with van der Waals surface area (Å²) in [6.45, 7) is 0. The summed E-state index contributed by atoms with van der Waals surface area (Å²) in [6.07, 6.45) is 4.12. The molecule has 4 heteroatoms. The van der Waals surface area contributed by atoms with Crippen molar-refractivity contribution in [2.24, 2.45) is 7.05 Å². The Morgan fingerprint density at radius 3 is 1.98 bits per heavy atom. The molecule has 0 saturated carbocycles. The van der Waals surface area contributed by atoms with E-state index in [0.29, 0.717) is 0 Å². The summed E-state index contributed by atoms with van der Waals surface area (Å²) < 4.78 is 6.86. The minimum atomic E-state index is -0.580. The Hall–Kier alpha value is -7.04. The lowest BCUT2D eigenvalue weighted by molar-refractivity contribution is -0.645. The molecule has 0 aliphatic heterocycles. The van der Waals surface area contributed by atoms with Gasteiger partial charge in [-0.25, -0.2) is 9.55 Å². The van der Waals surface area contributed by atoms with Crippen LogP contribution >= 0.6 is 0 Å². The van der Waals surface area contributed by atoms with Crippen molar-refractivity contribution >= 4 is 32.8 Å². The van der Waals surface area contributed by atoms with Crippen molar-refractivity contribution in [3.8, 4) is 33.8 Å². The number of para-hydroxylation sites is 3. The molecule has 0 radical (unpaired) electrons. The maximum Gasteiger partial charge on any atom is 0.249 e. The van der Waals surface area contributed by atoms with Crippen molar-refractivity contribution in [3.05, 3.63) is 217 Å². The summed E-state index contributed by atoms with van der Waals surface area (Å²) in [5.74, 6) is 0.898. The molecule has 1 aliphatic carbocycles. The molecule has 4 nitrogen and oxygen atoms in total. The zero-order valence-electron chi connectivity index (χ0n) is 29.8. The molecule has 0 unspecified atom stereocenters. The highest BCUT2D eigenvalue weighted by Crippen LogP contribution is 2.56. The van der Waals surface area contributed by atoms with E-state index in [-0.39, 0.29) is 0 Å². The van der Waals surface area contributed by atoms with Crippen LogP contribution in [0.1, 0.15) is 22.3 Å². The van der Waals surface area contributed by atoms with Crippen LogP contribution in [0.25, 0.3) is 66.6 Å². The van der Waals surface area contributed by atoms with Gasteiger partial charge in [0.2, 0.25) is 6.33 Å². The van der Waals surface area contributed by atoms with Gasteiger partial charge in [0, 0.05) is 17.0 Å². The van der Waals surface area contributed by atoms with Crippen LogP contribution in [-0.2, 0) is 12.5 Å². The average molecular weight is 692 g/mol. The Bertz CT molecular complexity index is 3030. The second-order valence-corrected chi connectivity index (χ2v) is 14.3. The standard InChI is InChI=1S/C50H35N4/c1-52-33-53(47-25-12-11-24-46(47)52)38-17-13-16-36(31-38)50(43-21-8-5-18-39(43)40-19-6-9-22-44(40)50)37-26-27-42-41-20-7-10-23-45(41)54(48(42)32-37)49-30-35(28-29-51-49)34-14-3-2-4-15-34/h2-33H,1H3/q+1. The molecule has 0 N–H and O–H groups in total. The first-order valence-corrected chi connectivity index (χ1v) is 18.5. The molecule has 3 heterocycles. The number of imidazole rings is 1. The molecule has 3 aromatic heterocycles. The minimum absolute atomic E-state index is 0.580. The van der Waals surface area contributed by atoms with Crippen LogP contribution in [-0.4, -0.2) is 14.1 Å². The van der Waals surface area contributed by atoms with E-state index in [1.54, 1.807) is 0 Å². The van der Waals surface area contributed by atoms with Crippen molar-refractivity contribution in [2.75, 3.05) is 0 Å². The van der Waals surface area contributed by atoms with Gasteiger partial charge in [0.25, 0.3) is 0 Å². The molecule has 0 fully saturated rings. The normalized spacial score (nSPS) is 13.1. The monoisotopic (exact) mass is 691 g/mol.